The zero-order valence-electron chi connectivity index (χ0n) is 14.0. The highest BCUT2D eigenvalue weighted by atomic mass is 127. The fourth-order valence-corrected chi connectivity index (χ4v) is 3.65. The highest BCUT2D eigenvalue weighted by Gasteiger charge is 2.13. The number of sulfonamides is 1. The van der Waals surface area contributed by atoms with Crippen molar-refractivity contribution in [2.45, 2.75) is 4.90 Å². The molecular formula is C20H14IN3O2S. The van der Waals surface area contributed by atoms with Crippen molar-refractivity contribution < 1.29 is 8.42 Å². The molecule has 0 amide bonds. The van der Waals surface area contributed by atoms with Crippen molar-refractivity contribution in [1.29, 1.82) is 5.26 Å². The van der Waals surface area contributed by atoms with Gasteiger partial charge >= 0.3 is 0 Å². The van der Waals surface area contributed by atoms with Crippen molar-refractivity contribution in [3.63, 3.8) is 0 Å². The number of anilines is 1. The minimum atomic E-state index is -3.65. The van der Waals surface area contributed by atoms with Gasteiger partial charge in [-0.05, 0) is 88.8 Å². The fraction of sp³-hybridized carbons (Fsp3) is 0. The number of rotatable bonds is 5. The Balaban J connectivity index is 1.72. The fourth-order valence-electron chi connectivity index (χ4n) is 2.24. The van der Waals surface area contributed by atoms with E-state index in [1.165, 1.54) is 12.1 Å². The Hall–Kier alpha value is -2.70. The van der Waals surface area contributed by atoms with Crippen LogP contribution < -0.4 is 4.72 Å². The molecule has 0 bridgehead atoms. The van der Waals surface area contributed by atoms with Crippen LogP contribution in [0, 0.1) is 14.9 Å². The van der Waals surface area contributed by atoms with Gasteiger partial charge < -0.3 is 0 Å². The first-order valence-corrected chi connectivity index (χ1v) is 10.5. The number of nitriles is 1. The lowest BCUT2D eigenvalue weighted by Gasteiger charge is -2.08. The maximum Gasteiger partial charge on any atom is 0.261 e. The van der Waals surface area contributed by atoms with Crippen LogP contribution in [-0.4, -0.2) is 14.6 Å². The molecular weight excluding hydrogens is 473 g/mol. The van der Waals surface area contributed by atoms with Gasteiger partial charge in [-0.25, -0.2) is 8.42 Å². The van der Waals surface area contributed by atoms with Gasteiger partial charge in [0.25, 0.3) is 10.0 Å². The molecule has 0 aliphatic rings. The Labute approximate surface area is 171 Å². The van der Waals surface area contributed by atoms with E-state index in [1.54, 1.807) is 54.7 Å². The van der Waals surface area contributed by atoms with Crippen LogP contribution >= 0.6 is 22.6 Å². The van der Waals surface area contributed by atoms with Gasteiger partial charge in [0.1, 0.15) is 0 Å². The number of hydrogen-bond acceptors (Lipinski definition) is 4. The molecule has 0 fully saturated rings. The predicted octanol–water partition coefficient (Wildman–Crippen LogP) is 4.71. The smallest absolute Gasteiger partial charge is 0.261 e. The van der Waals surface area contributed by atoms with Crippen molar-refractivity contribution >= 4 is 50.2 Å². The molecule has 3 aromatic rings. The van der Waals surface area contributed by atoms with Crippen molar-refractivity contribution in [1.82, 2.24) is 0 Å². The van der Waals surface area contributed by atoms with E-state index < -0.39 is 10.0 Å². The van der Waals surface area contributed by atoms with Gasteiger partial charge in [0.05, 0.1) is 22.2 Å². The quantitative estimate of drug-likeness (QED) is 0.418. The van der Waals surface area contributed by atoms with Gasteiger partial charge in [-0.3, -0.25) is 9.71 Å². The summed E-state index contributed by atoms with van der Waals surface area (Å²) in [7, 11) is -3.65. The summed E-state index contributed by atoms with van der Waals surface area (Å²) in [6.45, 7) is 0. The standard InChI is InChI=1S/C20H14IN3O2S/c21-17-5-7-19(8-6-17)24-27(25,26)20-11-9-18(10-12-20)23-14-16-3-1-15(13-22)2-4-16/h1-12,14,24H. The third-order valence-corrected chi connectivity index (χ3v) is 5.76. The minimum Gasteiger partial charge on any atom is -0.280 e. The van der Waals surface area contributed by atoms with Gasteiger partial charge in [-0.15, -0.1) is 0 Å². The molecule has 3 aromatic carbocycles. The second-order valence-corrected chi connectivity index (χ2v) is 8.53. The number of halogens is 1. The van der Waals surface area contributed by atoms with Gasteiger partial charge in [0, 0.05) is 15.5 Å². The van der Waals surface area contributed by atoms with E-state index in [0.29, 0.717) is 16.9 Å². The van der Waals surface area contributed by atoms with Crippen molar-refractivity contribution in [2.75, 3.05) is 4.72 Å². The number of nitrogens with zero attached hydrogens (tertiary/aromatic N) is 2. The third kappa shape index (κ3) is 5.15. The molecule has 27 heavy (non-hydrogen) atoms. The average molecular weight is 487 g/mol. The molecule has 0 aliphatic heterocycles. The van der Waals surface area contributed by atoms with Crippen LogP contribution in [0.1, 0.15) is 11.1 Å². The number of hydrogen-bond donors (Lipinski definition) is 1. The molecule has 0 spiro atoms. The maximum atomic E-state index is 12.5. The second kappa shape index (κ2) is 8.33. The molecule has 0 atom stereocenters. The van der Waals surface area contributed by atoms with Gasteiger partial charge in [-0.1, -0.05) is 12.1 Å². The van der Waals surface area contributed by atoms with E-state index in [4.69, 9.17) is 5.26 Å². The molecule has 7 heteroatoms. The summed E-state index contributed by atoms with van der Waals surface area (Å²) < 4.78 is 28.5. The van der Waals surface area contributed by atoms with Crippen molar-refractivity contribution in [3.05, 3.63) is 87.5 Å². The molecule has 3 rings (SSSR count). The van der Waals surface area contributed by atoms with Crippen LogP contribution in [0.3, 0.4) is 0 Å². The summed E-state index contributed by atoms with van der Waals surface area (Å²) in [5.41, 5.74) is 2.58. The van der Waals surface area contributed by atoms with Crippen LogP contribution in [0.5, 0.6) is 0 Å². The summed E-state index contributed by atoms with van der Waals surface area (Å²) >= 11 is 2.16. The molecule has 0 radical (unpaired) electrons. The van der Waals surface area contributed by atoms with Gasteiger partial charge in [-0.2, -0.15) is 5.26 Å². The summed E-state index contributed by atoms with van der Waals surface area (Å²) in [6.07, 6.45) is 1.66. The first-order chi connectivity index (χ1) is 13.0. The largest absolute Gasteiger partial charge is 0.280 e. The Bertz CT molecular complexity index is 1100. The van der Waals surface area contributed by atoms with Crippen molar-refractivity contribution in [2.24, 2.45) is 4.99 Å². The van der Waals surface area contributed by atoms with Crippen molar-refractivity contribution in [3.8, 4) is 6.07 Å². The summed E-state index contributed by atoms with van der Waals surface area (Å²) in [4.78, 5) is 4.49. The monoisotopic (exact) mass is 487 g/mol. The molecule has 0 saturated carbocycles. The number of aliphatic imine (C=N–C) groups is 1. The van der Waals surface area contributed by atoms with E-state index in [0.717, 1.165) is 9.13 Å². The minimum absolute atomic E-state index is 0.165. The SMILES string of the molecule is N#Cc1ccc(C=Nc2ccc(S(=O)(=O)Nc3ccc(I)cc3)cc2)cc1. The summed E-state index contributed by atoms with van der Waals surface area (Å²) in [5.74, 6) is 0. The molecule has 0 unspecified atom stereocenters. The second-order valence-electron chi connectivity index (χ2n) is 5.60. The first-order valence-electron chi connectivity index (χ1n) is 7.89. The molecule has 5 nitrogen and oxygen atoms in total. The van der Waals surface area contributed by atoms with Crippen LogP contribution in [-0.2, 0) is 10.0 Å². The maximum absolute atomic E-state index is 12.5. The summed E-state index contributed by atoms with van der Waals surface area (Å²) in [6, 6.07) is 22.5. The van der Waals surface area contributed by atoms with Crippen LogP contribution in [0.4, 0.5) is 11.4 Å². The third-order valence-electron chi connectivity index (χ3n) is 3.65. The average Bonchev–Trinajstić information content (AvgIpc) is 2.69. The van der Waals surface area contributed by atoms with Gasteiger partial charge in [0.15, 0.2) is 0 Å². The lowest BCUT2D eigenvalue weighted by molar-refractivity contribution is 0.601. The number of benzene rings is 3. The van der Waals surface area contributed by atoms with E-state index in [1.807, 2.05) is 12.1 Å². The first kappa shape index (κ1) is 19.1. The predicted molar refractivity (Wildman–Crippen MR) is 115 cm³/mol. The van der Waals surface area contributed by atoms with Crippen LogP contribution in [0.2, 0.25) is 0 Å². The lowest BCUT2D eigenvalue weighted by Crippen LogP contribution is -2.12. The highest BCUT2D eigenvalue weighted by molar-refractivity contribution is 14.1. The topological polar surface area (TPSA) is 82.3 Å². The van der Waals surface area contributed by atoms with E-state index in [2.05, 4.69) is 38.4 Å². The molecule has 0 saturated heterocycles. The van der Waals surface area contributed by atoms with E-state index >= 15 is 0 Å². The Morgan fingerprint density at radius 2 is 1.56 bits per heavy atom. The molecule has 0 aromatic heterocycles. The lowest BCUT2D eigenvalue weighted by atomic mass is 10.2. The zero-order valence-corrected chi connectivity index (χ0v) is 17.0. The Kier molecular flexibility index (Phi) is 5.88. The Morgan fingerprint density at radius 1 is 0.926 bits per heavy atom. The van der Waals surface area contributed by atoms with Gasteiger partial charge in [0.2, 0.25) is 0 Å². The van der Waals surface area contributed by atoms with Crippen LogP contribution in [0.15, 0.2) is 82.7 Å². The molecule has 1 N–H and O–H groups in total. The molecule has 134 valence electrons. The number of nitrogens with one attached hydrogen (secondary N) is 1. The molecule has 0 aliphatic carbocycles. The van der Waals surface area contributed by atoms with E-state index in [9.17, 15) is 8.42 Å². The van der Waals surface area contributed by atoms with E-state index in [-0.39, 0.29) is 4.90 Å². The molecule has 0 heterocycles. The Morgan fingerprint density at radius 3 is 2.15 bits per heavy atom. The highest BCUT2D eigenvalue weighted by Crippen LogP contribution is 2.20. The normalized spacial score (nSPS) is 11.3. The summed E-state index contributed by atoms with van der Waals surface area (Å²) in [5, 5.41) is 8.80. The van der Waals surface area contributed by atoms with Crippen LogP contribution in [0.25, 0.3) is 0 Å². The zero-order chi connectivity index (χ0) is 19.3.